The van der Waals surface area contributed by atoms with Crippen molar-refractivity contribution in [2.24, 2.45) is 0 Å². The van der Waals surface area contributed by atoms with E-state index < -0.39 is 0 Å². The molecule has 2 atom stereocenters. The topological polar surface area (TPSA) is 16.1 Å². The fourth-order valence-corrected chi connectivity index (χ4v) is 5.32. The van der Waals surface area contributed by atoms with Crippen LogP contribution in [0.5, 0.6) is 0 Å². The van der Waals surface area contributed by atoms with E-state index in [0.717, 1.165) is 22.3 Å². The Bertz CT molecular complexity index is 640. The van der Waals surface area contributed by atoms with Crippen LogP contribution in [0.4, 0.5) is 0 Å². The van der Waals surface area contributed by atoms with E-state index in [4.69, 9.17) is 4.98 Å². The van der Waals surface area contributed by atoms with Gasteiger partial charge in [0.05, 0.1) is 10.7 Å². The van der Waals surface area contributed by atoms with Gasteiger partial charge in [0.1, 0.15) is 0 Å². The molecule has 3 heterocycles. The molecule has 0 saturated carbocycles. The Morgan fingerprint density at radius 2 is 1.90 bits per heavy atom. The molecule has 2 fully saturated rings. The van der Waals surface area contributed by atoms with Crippen molar-refractivity contribution in [3.05, 3.63) is 39.1 Å². The van der Waals surface area contributed by atoms with E-state index in [-0.39, 0.29) is 0 Å². The summed E-state index contributed by atoms with van der Waals surface area (Å²) in [4.78, 5) is 7.55. The molecule has 0 N–H and O–H groups in total. The molecule has 2 nitrogen and oxygen atoms in total. The van der Waals surface area contributed by atoms with Crippen LogP contribution in [-0.4, -0.2) is 29.0 Å². The Balaban J connectivity index is 1.60. The van der Waals surface area contributed by atoms with Gasteiger partial charge in [-0.1, -0.05) is 34.1 Å². The largest absolute Gasteiger partial charge is 0.300 e. The van der Waals surface area contributed by atoms with Crippen LogP contribution < -0.4 is 0 Å². The molecule has 2 unspecified atom stereocenters. The maximum atomic E-state index is 4.96. The Hall–Kier alpha value is -0.710. The predicted octanol–water partition coefficient (Wildman–Crippen LogP) is 4.91. The van der Waals surface area contributed by atoms with Crippen molar-refractivity contribution in [2.75, 3.05) is 7.05 Å². The summed E-state index contributed by atoms with van der Waals surface area (Å²) in [5, 5.41) is 3.56. The molecule has 4 heteroatoms. The van der Waals surface area contributed by atoms with Gasteiger partial charge in [-0.3, -0.25) is 0 Å². The van der Waals surface area contributed by atoms with Gasteiger partial charge >= 0.3 is 0 Å². The summed E-state index contributed by atoms with van der Waals surface area (Å²) >= 11 is 5.48. The first-order valence-electron chi connectivity index (χ1n) is 7.64. The van der Waals surface area contributed by atoms with Gasteiger partial charge in [-0.15, -0.1) is 11.3 Å². The lowest BCUT2D eigenvalue weighted by Gasteiger charge is -2.35. The van der Waals surface area contributed by atoms with Crippen molar-refractivity contribution in [1.82, 2.24) is 9.88 Å². The molecule has 21 heavy (non-hydrogen) atoms. The highest BCUT2D eigenvalue weighted by atomic mass is 79.9. The van der Waals surface area contributed by atoms with E-state index in [0.29, 0.717) is 5.92 Å². The second-order valence-corrected chi connectivity index (χ2v) is 8.01. The molecule has 0 spiro atoms. The molecule has 0 aliphatic carbocycles. The number of hydrogen-bond acceptors (Lipinski definition) is 3. The quantitative estimate of drug-likeness (QED) is 0.754. The zero-order valence-corrected chi connectivity index (χ0v) is 14.5. The highest BCUT2D eigenvalue weighted by molar-refractivity contribution is 9.10. The zero-order chi connectivity index (χ0) is 14.4. The number of nitrogens with zero attached hydrogens (tertiary/aromatic N) is 2. The van der Waals surface area contributed by atoms with E-state index in [9.17, 15) is 0 Å². The summed E-state index contributed by atoms with van der Waals surface area (Å²) in [5.41, 5.74) is 2.32. The van der Waals surface area contributed by atoms with E-state index >= 15 is 0 Å². The first kappa shape index (κ1) is 13.9. The average molecular weight is 363 g/mol. The van der Waals surface area contributed by atoms with Crippen molar-refractivity contribution in [2.45, 2.75) is 43.7 Å². The van der Waals surface area contributed by atoms with Crippen LogP contribution in [0.15, 0.2) is 34.1 Å². The summed E-state index contributed by atoms with van der Waals surface area (Å²) in [5.74, 6) is 0.667. The molecular weight excluding hydrogens is 344 g/mol. The first-order chi connectivity index (χ1) is 10.2. The highest BCUT2D eigenvalue weighted by Crippen LogP contribution is 2.43. The predicted molar refractivity (Wildman–Crippen MR) is 91.8 cm³/mol. The second kappa shape index (κ2) is 5.49. The van der Waals surface area contributed by atoms with Crippen LogP contribution in [0.2, 0.25) is 0 Å². The SMILES string of the molecule is CN1C2CCC1CC(c1nc(-c3ccccc3Br)cs1)C2. The first-order valence-corrected chi connectivity index (χ1v) is 9.32. The number of benzene rings is 1. The summed E-state index contributed by atoms with van der Waals surface area (Å²) in [6.07, 6.45) is 5.33. The van der Waals surface area contributed by atoms with Crippen molar-refractivity contribution < 1.29 is 0 Å². The van der Waals surface area contributed by atoms with E-state index in [1.165, 1.54) is 36.3 Å². The van der Waals surface area contributed by atoms with Gasteiger partial charge in [0.2, 0.25) is 0 Å². The minimum Gasteiger partial charge on any atom is -0.300 e. The molecule has 0 radical (unpaired) electrons. The van der Waals surface area contributed by atoms with Crippen molar-refractivity contribution in [3.8, 4) is 11.3 Å². The van der Waals surface area contributed by atoms with Crippen LogP contribution >= 0.6 is 27.3 Å². The van der Waals surface area contributed by atoms with Gasteiger partial charge in [-0.2, -0.15) is 0 Å². The van der Waals surface area contributed by atoms with Gasteiger partial charge < -0.3 is 4.90 Å². The summed E-state index contributed by atoms with van der Waals surface area (Å²) < 4.78 is 1.13. The third kappa shape index (κ3) is 2.47. The van der Waals surface area contributed by atoms with Crippen LogP contribution in [-0.2, 0) is 0 Å². The summed E-state index contributed by atoms with van der Waals surface area (Å²) in [7, 11) is 2.30. The van der Waals surface area contributed by atoms with E-state index in [2.05, 4.69) is 57.5 Å². The molecule has 0 amide bonds. The van der Waals surface area contributed by atoms with Gasteiger partial charge in [0.25, 0.3) is 0 Å². The summed E-state index contributed by atoms with van der Waals surface area (Å²) in [6.45, 7) is 0. The fourth-order valence-electron chi connectivity index (χ4n) is 3.88. The van der Waals surface area contributed by atoms with E-state index in [1.807, 2.05) is 11.3 Å². The zero-order valence-electron chi connectivity index (χ0n) is 12.1. The van der Waals surface area contributed by atoms with Crippen molar-refractivity contribution in [3.63, 3.8) is 0 Å². The van der Waals surface area contributed by atoms with Gasteiger partial charge in [0, 0.05) is 33.4 Å². The third-order valence-electron chi connectivity index (χ3n) is 5.12. The lowest BCUT2D eigenvalue weighted by molar-refractivity contribution is 0.161. The lowest BCUT2D eigenvalue weighted by atomic mass is 9.91. The molecule has 110 valence electrons. The van der Waals surface area contributed by atoms with Crippen molar-refractivity contribution in [1.29, 1.82) is 0 Å². The Kier molecular flexibility index (Phi) is 3.64. The molecule has 2 saturated heterocycles. The van der Waals surface area contributed by atoms with Crippen LogP contribution in [0.3, 0.4) is 0 Å². The number of halogens is 1. The Morgan fingerprint density at radius 3 is 2.62 bits per heavy atom. The normalized spacial score (nSPS) is 29.0. The molecule has 2 bridgehead atoms. The number of hydrogen-bond donors (Lipinski definition) is 0. The molecule has 2 aromatic rings. The maximum Gasteiger partial charge on any atom is 0.0964 e. The number of thiazole rings is 1. The second-order valence-electron chi connectivity index (χ2n) is 6.27. The Morgan fingerprint density at radius 1 is 1.19 bits per heavy atom. The smallest absolute Gasteiger partial charge is 0.0964 e. The third-order valence-corrected chi connectivity index (χ3v) is 6.82. The summed E-state index contributed by atoms with van der Waals surface area (Å²) in [6, 6.07) is 9.92. The van der Waals surface area contributed by atoms with Crippen LogP contribution in [0.25, 0.3) is 11.3 Å². The molecule has 1 aromatic carbocycles. The lowest BCUT2D eigenvalue weighted by Crippen LogP contribution is -2.39. The molecule has 1 aromatic heterocycles. The van der Waals surface area contributed by atoms with Crippen LogP contribution in [0.1, 0.15) is 36.6 Å². The maximum absolute atomic E-state index is 4.96. The van der Waals surface area contributed by atoms with E-state index in [1.54, 1.807) is 0 Å². The van der Waals surface area contributed by atoms with Crippen LogP contribution in [0, 0.1) is 0 Å². The fraction of sp³-hybridized carbons (Fsp3) is 0.471. The monoisotopic (exact) mass is 362 g/mol. The highest BCUT2D eigenvalue weighted by Gasteiger charge is 2.39. The standard InChI is InChI=1S/C17H19BrN2S/c1-20-12-6-7-13(20)9-11(8-12)17-19-16(10-21-17)14-4-2-3-5-15(14)18/h2-5,10-13H,6-9H2,1H3. The van der Waals surface area contributed by atoms with Gasteiger partial charge in [0.15, 0.2) is 0 Å². The minimum atomic E-state index is 0.667. The Labute approximate surface area is 138 Å². The number of aromatic nitrogens is 1. The molecule has 2 aliphatic heterocycles. The van der Waals surface area contributed by atoms with Gasteiger partial charge in [-0.25, -0.2) is 4.98 Å². The number of fused-ring (bicyclic) bond motifs is 2. The van der Waals surface area contributed by atoms with Crippen molar-refractivity contribution >= 4 is 27.3 Å². The number of piperidine rings is 1. The number of rotatable bonds is 2. The molecule has 4 rings (SSSR count). The van der Waals surface area contributed by atoms with Gasteiger partial charge in [-0.05, 0) is 38.8 Å². The average Bonchev–Trinajstić information content (AvgIpc) is 3.02. The molecule has 2 aliphatic rings. The minimum absolute atomic E-state index is 0.667. The molecular formula is C17H19BrN2S.